The molecule has 0 spiro atoms. The van der Waals surface area contributed by atoms with Gasteiger partial charge in [-0.2, -0.15) is 10.2 Å². The number of aromatic nitrogens is 2. The Kier molecular flexibility index (Phi) is 6.63. The largest absolute Gasteiger partial charge is 0.493 e. The Morgan fingerprint density at radius 1 is 0.906 bits per heavy atom. The molecule has 1 heterocycles. The van der Waals surface area contributed by atoms with Gasteiger partial charge in [-0.3, -0.25) is 5.43 Å². The number of ether oxygens (including phenoxy) is 2. The summed E-state index contributed by atoms with van der Waals surface area (Å²) in [6, 6.07) is 20.8. The van der Waals surface area contributed by atoms with Crippen LogP contribution in [0.25, 0.3) is 16.9 Å². The van der Waals surface area contributed by atoms with Crippen LogP contribution in [0.2, 0.25) is 10.0 Å². The molecule has 0 aliphatic carbocycles. The molecule has 0 aliphatic rings. The normalized spacial score (nSPS) is 11.0. The van der Waals surface area contributed by atoms with Crippen LogP contribution in [0.5, 0.6) is 11.5 Å². The SMILES string of the molecule is COc1ccc(-c2nn(-c3ccccc3)cc2/C=N/Nc2c(Cl)cccc2Cl)cc1OC. The first-order chi connectivity index (χ1) is 15.6. The van der Waals surface area contributed by atoms with Gasteiger partial charge in [0.15, 0.2) is 11.5 Å². The fraction of sp³-hybridized carbons (Fsp3) is 0.0833. The molecule has 0 bridgehead atoms. The second kappa shape index (κ2) is 9.77. The van der Waals surface area contributed by atoms with Crippen LogP contribution in [-0.4, -0.2) is 30.2 Å². The predicted molar refractivity (Wildman–Crippen MR) is 130 cm³/mol. The summed E-state index contributed by atoms with van der Waals surface area (Å²) in [5.41, 5.74) is 6.76. The quantitative estimate of drug-likeness (QED) is 0.256. The number of nitrogens with one attached hydrogen (secondary N) is 1. The van der Waals surface area contributed by atoms with Crippen molar-refractivity contribution in [3.63, 3.8) is 0 Å². The van der Waals surface area contributed by atoms with Gasteiger partial charge in [0.05, 0.1) is 41.9 Å². The average molecular weight is 467 g/mol. The lowest BCUT2D eigenvalue weighted by Gasteiger charge is -2.09. The molecule has 0 amide bonds. The summed E-state index contributed by atoms with van der Waals surface area (Å²) >= 11 is 12.4. The second-order valence-electron chi connectivity index (χ2n) is 6.75. The van der Waals surface area contributed by atoms with E-state index in [-0.39, 0.29) is 0 Å². The molecule has 0 atom stereocenters. The number of hydrogen-bond acceptors (Lipinski definition) is 5. The molecule has 1 N–H and O–H groups in total. The summed E-state index contributed by atoms with van der Waals surface area (Å²) in [4.78, 5) is 0. The summed E-state index contributed by atoms with van der Waals surface area (Å²) in [5.74, 6) is 1.26. The molecule has 4 rings (SSSR count). The summed E-state index contributed by atoms with van der Waals surface area (Å²) in [6.45, 7) is 0. The molecule has 0 saturated carbocycles. The number of para-hydroxylation sites is 2. The van der Waals surface area contributed by atoms with Crippen LogP contribution in [0.15, 0.2) is 78.0 Å². The number of methoxy groups -OCH3 is 2. The van der Waals surface area contributed by atoms with E-state index in [0.29, 0.717) is 27.2 Å². The van der Waals surface area contributed by atoms with Gasteiger partial charge in [0.1, 0.15) is 5.69 Å². The van der Waals surface area contributed by atoms with Gasteiger partial charge in [-0.05, 0) is 42.5 Å². The molecule has 1 aromatic heterocycles. The fourth-order valence-corrected chi connectivity index (χ4v) is 3.66. The van der Waals surface area contributed by atoms with Crippen LogP contribution in [-0.2, 0) is 0 Å². The minimum absolute atomic E-state index is 0.481. The van der Waals surface area contributed by atoms with Crippen molar-refractivity contribution in [3.8, 4) is 28.4 Å². The van der Waals surface area contributed by atoms with E-state index in [2.05, 4.69) is 10.5 Å². The van der Waals surface area contributed by atoms with E-state index in [4.69, 9.17) is 37.8 Å². The Bertz CT molecular complexity index is 1240. The molecular formula is C24H20Cl2N4O2. The predicted octanol–water partition coefficient (Wildman–Crippen LogP) is 6.31. The summed E-state index contributed by atoms with van der Waals surface area (Å²) in [7, 11) is 3.20. The van der Waals surface area contributed by atoms with Gasteiger partial charge < -0.3 is 9.47 Å². The van der Waals surface area contributed by atoms with E-state index in [1.807, 2.05) is 54.7 Å². The Labute approximate surface area is 196 Å². The Morgan fingerprint density at radius 3 is 2.31 bits per heavy atom. The maximum atomic E-state index is 6.22. The fourth-order valence-electron chi connectivity index (χ4n) is 3.17. The molecule has 32 heavy (non-hydrogen) atoms. The molecule has 162 valence electrons. The Hall–Kier alpha value is -3.48. The Morgan fingerprint density at radius 2 is 1.62 bits per heavy atom. The molecule has 0 radical (unpaired) electrons. The maximum absolute atomic E-state index is 6.22. The van der Waals surface area contributed by atoms with Gasteiger partial charge in [-0.1, -0.05) is 47.5 Å². The first kappa shape index (κ1) is 21.7. The summed E-state index contributed by atoms with van der Waals surface area (Å²) in [5, 5.41) is 10.1. The third-order valence-electron chi connectivity index (χ3n) is 4.76. The minimum atomic E-state index is 0.481. The zero-order valence-electron chi connectivity index (χ0n) is 17.4. The van der Waals surface area contributed by atoms with E-state index in [1.165, 1.54) is 0 Å². The molecular weight excluding hydrogens is 447 g/mol. The third-order valence-corrected chi connectivity index (χ3v) is 5.39. The Balaban J connectivity index is 1.74. The van der Waals surface area contributed by atoms with Gasteiger partial charge in [-0.15, -0.1) is 0 Å². The van der Waals surface area contributed by atoms with Crippen LogP contribution >= 0.6 is 23.2 Å². The molecule has 6 nitrogen and oxygen atoms in total. The van der Waals surface area contributed by atoms with Crippen molar-refractivity contribution in [3.05, 3.63) is 88.5 Å². The number of rotatable bonds is 7. The van der Waals surface area contributed by atoms with Crippen molar-refractivity contribution >= 4 is 35.1 Å². The summed E-state index contributed by atoms with van der Waals surface area (Å²) < 4.78 is 12.6. The van der Waals surface area contributed by atoms with E-state index in [9.17, 15) is 0 Å². The van der Waals surface area contributed by atoms with Gasteiger partial charge in [0, 0.05) is 17.3 Å². The van der Waals surface area contributed by atoms with Crippen molar-refractivity contribution in [2.24, 2.45) is 5.10 Å². The number of halogens is 2. The highest BCUT2D eigenvalue weighted by Crippen LogP contribution is 2.33. The minimum Gasteiger partial charge on any atom is -0.493 e. The smallest absolute Gasteiger partial charge is 0.161 e. The molecule has 8 heteroatoms. The van der Waals surface area contributed by atoms with Crippen molar-refractivity contribution in [2.45, 2.75) is 0 Å². The molecule has 0 aliphatic heterocycles. The van der Waals surface area contributed by atoms with E-state index in [0.717, 1.165) is 22.5 Å². The standard InChI is InChI=1S/C24H20Cl2N4O2/c1-31-21-12-11-16(13-22(21)32-2)23-17(15-30(29-23)18-7-4-3-5-8-18)14-27-28-24-19(25)9-6-10-20(24)26/h3-15,28H,1-2H3/b27-14+. The second-order valence-corrected chi connectivity index (χ2v) is 7.56. The van der Waals surface area contributed by atoms with Gasteiger partial charge in [0.2, 0.25) is 0 Å². The van der Waals surface area contributed by atoms with Gasteiger partial charge in [0.25, 0.3) is 0 Å². The molecule has 0 fully saturated rings. The van der Waals surface area contributed by atoms with Crippen molar-refractivity contribution < 1.29 is 9.47 Å². The van der Waals surface area contributed by atoms with Crippen molar-refractivity contribution in [1.29, 1.82) is 0 Å². The van der Waals surface area contributed by atoms with E-state index in [1.54, 1.807) is 43.3 Å². The molecule has 0 unspecified atom stereocenters. The third kappa shape index (κ3) is 4.56. The summed E-state index contributed by atoms with van der Waals surface area (Å²) in [6.07, 6.45) is 3.58. The van der Waals surface area contributed by atoms with Crippen molar-refractivity contribution in [1.82, 2.24) is 9.78 Å². The average Bonchev–Trinajstić information content (AvgIpc) is 3.25. The topological polar surface area (TPSA) is 60.7 Å². The van der Waals surface area contributed by atoms with Crippen LogP contribution < -0.4 is 14.9 Å². The number of hydrazone groups is 1. The zero-order valence-corrected chi connectivity index (χ0v) is 18.9. The van der Waals surface area contributed by atoms with E-state index < -0.39 is 0 Å². The lowest BCUT2D eigenvalue weighted by Crippen LogP contribution is -1.95. The van der Waals surface area contributed by atoms with Crippen LogP contribution in [0.3, 0.4) is 0 Å². The van der Waals surface area contributed by atoms with E-state index >= 15 is 0 Å². The molecule has 3 aromatic carbocycles. The first-order valence-electron chi connectivity index (χ1n) is 9.71. The van der Waals surface area contributed by atoms with Crippen LogP contribution in [0.1, 0.15) is 5.56 Å². The molecule has 0 saturated heterocycles. The van der Waals surface area contributed by atoms with Crippen molar-refractivity contribution in [2.75, 3.05) is 19.6 Å². The molecule has 4 aromatic rings. The highest BCUT2D eigenvalue weighted by molar-refractivity contribution is 6.39. The lowest BCUT2D eigenvalue weighted by atomic mass is 10.1. The van der Waals surface area contributed by atoms with Gasteiger partial charge in [-0.25, -0.2) is 4.68 Å². The van der Waals surface area contributed by atoms with Crippen LogP contribution in [0.4, 0.5) is 5.69 Å². The highest BCUT2D eigenvalue weighted by atomic mass is 35.5. The first-order valence-corrected chi connectivity index (χ1v) is 10.5. The number of anilines is 1. The van der Waals surface area contributed by atoms with Crippen LogP contribution in [0, 0.1) is 0 Å². The highest BCUT2D eigenvalue weighted by Gasteiger charge is 2.14. The van der Waals surface area contributed by atoms with Gasteiger partial charge >= 0.3 is 0 Å². The maximum Gasteiger partial charge on any atom is 0.161 e. The number of benzene rings is 3. The monoisotopic (exact) mass is 466 g/mol. The number of nitrogens with zero attached hydrogens (tertiary/aromatic N) is 3. The lowest BCUT2D eigenvalue weighted by molar-refractivity contribution is 0.355. The number of hydrogen-bond donors (Lipinski definition) is 1. The zero-order chi connectivity index (χ0) is 22.5.